The summed E-state index contributed by atoms with van der Waals surface area (Å²) in [7, 11) is 0. The molecule has 0 unspecified atom stereocenters. The predicted octanol–water partition coefficient (Wildman–Crippen LogP) is 9.97. The largest absolute Gasteiger partial charge is 0.464 e. The van der Waals surface area contributed by atoms with E-state index in [0.717, 1.165) is 0 Å². The topological polar surface area (TPSA) is 26.3 Å². The Kier molecular flexibility index (Phi) is 2.21. The fourth-order valence-corrected chi connectivity index (χ4v) is 5.02. The first kappa shape index (κ1) is 10.8. The standard InChI is InChI=1S/C34H20O2/c1-2-9-21(10-3-1)31-22-11-4-6-13-24(22)32(25-14-7-5-12-23(25)31)29-16-8-15-26-27-17-18-30-28(19-20-35-30)33(27)36-34(26)29/h1-20H/i1D,2D,3D,4D,5D,6D,7D,9D,10D,11D,12D,13D,14D. The average Bonchev–Trinajstić information content (AvgIpc) is 3.74. The molecule has 2 nitrogen and oxygen atoms in total. The van der Waals surface area contributed by atoms with Gasteiger partial charge in [0.2, 0.25) is 0 Å². The molecule has 0 radical (unpaired) electrons. The Morgan fingerprint density at radius 1 is 0.500 bits per heavy atom. The Morgan fingerprint density at radius 2 is 1.14 bits per heavy atom. The van der Waals surface area contributed by atoms with Crippen molar-refractivity contribution in [1.29, 1.82) is 0 Å². The fourth-order valence-electron chi connectivity index (χ4n) is 5.02. The van der Waals surface area contributed by atoms with Crippen molar-refractivity contribution in [1.82, 2.24) is 0 Å². The van der Waals surface area contributed by atoms with Gasteiger partial charge in [-0.15, -0.1) is 0 Å². The lowest BCUT2D eigenvalue weighted by molar-refractivity contribution is 0.615. The first-order valence-corrected chi connectivity index (χ1v) is 11.1. The molecule has 0 aliphatic heterocycles. The molecule has 6 aromatic carbocycles. The molecule has 0 bridgehead atoms. The summed E-state index contributed by atoms with van der Waals surface area (Å²) >= 11 is 0. The maximum atomic E-state index is 9.18. The van der Waals surface area contributed by atoms with Crippen LogP contribution in [0.1, 0.15) is 17.8 Å². The van der Waals surface area contributed by atoms with Crippen LogP contribution in [-0.4, -0.2) is 0 Å². The van der Waals surface area contributed by atoms with E-state index in [4.69, 9.17) is 23.9 Å². The molecule has 168 valence electrons. The van der Waals surface area contributed by atoms with E-state index in [-0.39, 0.29) is 43.8 Å². The van der Waals surface area contributed by atoms with Crippen LogP contribution in [0.2, 0.25) is 0 Å². The number of hydrogen-bond donors (Lipinski definition) is 0. The van der Waals surface area contributed by atoms with E-state index in [0.29, 0.717) is 27.3 Å². The minimum absolute atomic E-state index is 0.00760. The highest BCUT2D eigenvalue weighted by Gasteiger charge is 2.20. The molecule has 2 aromatic heterocycles. The van der Waals surface area contributed by atoms with Gasteiger partial charge in [0.25, 0.3) is 0 Å². The van der Waals surface area contributed by atoms with Crippen LogP contribution in [0.25, 0.3) is 76.7 Å². The Balaban J connectivity index is 1.73. The second-order valence-electron chi connectivity index (χ2n) is 8.31. The fraction of sp³-hybridized carbons (Fsp3) is 0. The smallest absolute Gasteiger partial charge is 0.146 e. The van der Waals surface area contributed by atoms with Gasteiger partial charge in [0.15, 0.2) is 0 Å². The normalized spacial score (nSPS) is 16.9. The zero-order valence-corrected chi connectivity index (χ0v) is 18.4. The van der Waals surface area contributed by atoms with Gasteiger partial charge >= 0.3 is 0 Å². The molecule has 0 saturated carbocycles. The van der Waals surface area contributed by atoms with Crippen molar-refractivity contribution in [3.05, 3.63) is 121 Å². The highest BCUT2D eigenvalue weighted by molar-refractivity contribution is 6.25. The van der Waals surface area contributed by atoms with E-state index in [1.165, 1.54) is 6.26 Å². The molecule has 0 aliphatic rings. The van der Waals surface area contributed by atoms with Crippen molar-refractivity contribution in [3.8, 4) is 22.3 Å². The van der Waals surface area contributed by atoms with E-state index in [1.807, 2.05) is 6.07 Å². The van der Waals surface area contributed by atoms with Crippen LogP contribution in [0, 0.1) is 0 Å². The van der Waals surface area contributed by atoms with E-state index in [2.05, 4.69) is 0 Å². The van der Waals surface area contributed by atoms with Gasteiger partial charge in [0, 0.05) is 21.9 Å². The van der Waals surface area contributed by atoms with Crippen molar-refractivity contribution in [3.63, 3.8) is 0 Å². The molecule has 0 aliphatic carbocycles. The van der Waals surface area contributed by atoms with Crippen molar-refractivity contribution >= 4 is 54.5 Å². The van der Waals surface area contributed by atoms with Crippen LogP contribution >= 0.6 is 0 Å². The quantitative estimate of drug-likeness (QED) is 0.233. The number of fused-ring (bicyclic) bond motifs is 7. The molecule has 0 saturated heterocycles. The molecule has 8 rings (SSSR count). The highest BCUT2D eigenvalue weighted by atomic mass is 16.3. The molecule has 0 N–H and O–H groups in total. The lowest BCUT2D eigenvalue weighted by atomic mass is 9.85. The zero-order chi connectivity index (χ0) is 35.0. The van der Waals surface area contributed by atoms with Crippen LogP contribution < -0.4 is 0 Å². The second-order valence-corrected chi connectivity index (χ2v) is 8.31. The van der Waals surface area contributed by atoms with Gasteiger partial charge in [-0.05, 0) is 50.9 Å². The van der Waals surface area contributed by atoms with E-state index in [9.17, 15) is 2.74 Å². The molecule has 0 spiro atoms. The molecule has 2 heteroatoms. The number of para-hydroxylation sites is 1. The Labute approximate surface area is 225 Å². The molecule has 8 aromatic rings. The van der Waals surface area contributed by atoms with Gasteiger partial charge in [0.05, 0.1) is 29.5 Å². The van der Waals surface area contributed by atoms with Crippen LogP contribution in [-0.2, 0) is 0 Å². The Bertz CT molecular complexity index is 2710. The molecule has 0 atom stereocenters. The van der Waals surface area contributed by atoms with E-state index < -0.39 is 84.1 Å². The summed E-state index contributed by atoms with van der Waals surface area (Å²) in [5.41, 5.74) is 0.769. The Morgan fingerprint density at radius 3 is 1.86 bits per heavy atom. The molecule has 36 heavy (non-hydrogen) atoms. The van der Waals surface area contributed by atoms with Crippen LogP contribution in [0.4, 0.5) is 0 Å². The minimum atomic E-state index is -0.722. The summed E-state index contributed by atoms with van der Waals surface area (Å²) in [6.45, 7) is 0. The Hall–Kier alpha value is -4.82. The third-order valence-electron chi connectivity index (χ3n) is 6.49. The molecule has 0 amide bonds. The van der Waals surface area contributed by atoms with Crippen LogP contribution in [0.3, 0.4) is 0 Å². The predicted molar refractivity (Wildman–Crippen MR) is 149 cm³/mol. The van der Waals surface area contributed by atoms with Gasteiger partial charge in [-0.2, -0.15) is 0 Å². The minimum Gasteiger partial charge on any atom is -0.464 e. The summed E-state index contributed by atoms with van der Waals surface area (Å²) in [6, 6.07) is 1.93. The average molecular weight is 474 g/mol. The van der Waals surface area contributed by atoms with Gasteiger partial charge in [-0.1, -0.05) is 96.8 Å². The summed E-state index contributed by atoms with van der Waals surface area (Å²) in [5.74, 6) is 0. The summed E-state index contributed by atoms with van der Waals surface area (Å²) in [4.78, 5) is 0. The number of hydrogen-bond acceptors (Lipinski definition) is 2. The first-order valence-electron chi connectivity index (χ1n) is 17.6. The third kappa shape index (κ3) is 2.61. The molecular weight excluding hydrogens is 440 g/mol. The van der Waals surface area contributed by atoms with Gasteiger partial charge in [-0.25, -0.2) is 0 Å². The van der Waals surface area contributed by atoms with Gasteiger partial charge < -0.3 is 8.83 Å². The molecular formula is C34H20O2. The maximum absolute atomic E-state index is 9.18. The second kappa shape index (κ2) is 7.34. The third-order valence-corrected chi connectivity index (χ3v) is 6.49. The summed E-state index contributed by atoms with van der Waals surface area (Å²) in [6.07, 6.45) is 1.52. The van der Waals surface area contributed by atoms with Gasteiger partial charge in [-0.3, -0.25) is 0 Å². The zero-order valence-electron chi connectivity index (χ0n) is 31.4. The van der Waals surface area contributed by atoms with E-state index in [1.54, 1.807) is 30.3 Å². The summed E-state index contributed by atoms with van der Waals surface area (Å²) in [5, 5.41) is 1.10. The molecule has 0 fully saturated rings. The number of furan rings is 2. The maximum Gasteiger partial charge on any atom is 0.146 e. The van der Waals surface area contributed by atoms with E-state index >= 15 is 0 Å². The monoisotopic (exact) mass is 473 g/mol. The van der Waals surface area contributed by atoms with Crippen LogP contribution in [0.15, 0.2) is 130 Å². The lowest BCUT2D eigenvalue weighted by Gasteiger charge is -2.17. The molecule has 2 heterocycles. The first-order chi connectivity index (χ1) is 23.3. The lowest BCUT2D eigenvalue weighted by Crippen LogP contribution is -1.90. The van der Waals surface area contributed by atoms with Crippen molar-refractivity contribution in [2.24, 2.45) is 0 Å². The van der Waals surface area contributed by atoms with Gasteiger partial charge in [0.1, 0.15) is 16.7 Å². The number of rotatable bonds is 2. The van der Waals surface area contributed by atoms with Crippen LogP contribution in [0.5, 0.6) is 0 Å². The SMILES string of the molecule is [2H]c1c([2H])c([2H])c(-c2c3c([2H])c([2H])c([2H])c([2H])c3c(-c3cccc4c3oc3c5ccoc5ccc43)c3c([2H])c([2H])c([2H])c([2H])c23)c([2H])c1[2H]. The van der Waals surface area contributed by atoms with Crippen molar-refractivity contribution < 1.29 is 26.7 Å². The van der Waals surface area contributed by atoms with Crippen molar-refractivity contribution in [2.75, 3.05) is 0 Å². The van der Waals surface area contributed by atoms with Crippen molar-refractivity contribution in [2.45, 2.75) is 0 Å². The number of benzene rings is 6. The summed E-state index contributed by atoms with van der Waals surface area (Å²) < 4.78 is 126. The highest BCUT2D eigenvalue weighted by Crippen LogP contribution is 2.46.